The molecule has 3 aromatic heterocycles. The number of rotatable bonds is 38. The number of phenols is 1. The maximum atomic E-state index is 15.4. The van der Waals surface area contributed by atoms with E-state index in [2.05, 4.69) is 94.4 Å². The van der Waals surface area contributed by atoms with Gasteiger partial charge in [-0.3, -0.25) is 81.5 Å². The summed E-state index contributed by atoms with van der Waals surface area (Å²) in [4.78, 5) is 255. The molecule has 676 valence electrons. The second kappa shape index (κ2) is 47.0. The number of carboxylic acid groups (broad SMARTS) is 1. The number of nitrogens with zero attached hydrogens (tertiary/aromatic N) is 1. The van der Waals surface area contributed by atoms with Crippen LogP contribution in [0.5, 0.6) is 5.75 Å². The Morgan fingerprint density at radius 1 is 0.516 bits per heavy atom. The lowest BCUT2D eigenvalue weighted by Gasteiger charge is -2.29. The molecular weight excluding hydrogens is 1630 g/mol. The van der Waals surface area contributed by atoms with Gasteiger partial charge in [-0.2, -0.15) is 0 Å². The average molecular weight is 1750 g/mol. The number of aromatic nitrogens is 4. The Bertz CT molecular complexity index is 5020. The van der Waals surface area contributed by atoms with Crippen molar-refractivity contribution in [3.63, 3.8) is 0 Å². The summed E-state index contributed by atoms with van der Waals surface area (Å²) in [6.45, 7) is 9.65. The molecule has 24 N–H and O–H groups in total. The van der Waals surface area contributed by atoms with Crippen molar-refractivity contribution in [3.05, 3.63) is 156 Å². The fraction of sp³-hybridized carbons (Fsp3) is 0.442. The Kier molecular flexibility index (Phi) is 36.3. The van der Waals surface area contributed by atoms with Crippen LogP contribution in [0.1, 0.15) is 128 Å². The van der Waals surface area contributed by atoms with Gasteiger partial charge in [0.1, 0.15) is 84.3 Å². The van der Waals surface area contributed by atoms with Crippen molar-refractivity contribution in [1.82, 2.24) is 94.4 Å². The summed E-state index contributed by atoms with van der Waals surface area (Å²) in [5.41, 5.74) is 14.8. The van der Waals surface area contributed by atoms with Gasteiger partial charge < -0.3 is 116 Å². The molecule has 0 aliphatic carbocycles. The first-order chi connectivity index (χ1) is 59.9. The number of carbonyl (C=O) groups excluding carboxylic acids is 16. The molecule has 0 saturated carbocycles. The van der Waals surface area contributed by atoms with Gasteiger partial charge in [0.15, 0.2) is 0 Å². The highest BCUT2D eigenvalue weighted by molar-refractivity contribution is 6.02. The van der Waals surface area contributed by atoms with Gasteiger partial charge in [0.25, 0.3) is 0 Å². The number of aliphatic hydroxyl groups is 1. The largest absolute Gasteiger partial charge is 0.508 e. The molecule has 4 heterocycles. The number of aliphatic carboxylic acids is 1. The summed E-state index contributed by atoms with van der Waals surface area (Å²) >= 11 is 0. The lowest BCUT2D eigenvalue weighted by Crippen LogP contribution is -2.62. The van der Waals surface area contributed by atoms with Crippen LogP contribution in [0.15, 0.2) is 128 Å². The summed E-state index contributed by atoms with van der Waals surface area (Å²) < 4.78 is 0. The van der Waals surface area contributed by atoms with Crippen LogP contribution in [0.3, 0.4) is 0 Å². The van der Waals surface area contributed by atoms with E-state index in [0.29, 0.717) is 49.8 Å². The molecule has 1 saturated heterocycles. The van der Waals surface area contributed by atoms with E-state index >= 15 is 19.2 Å². The molecule has 0 unspecified atom stereocenters. The SMILES string of the molecule is CC(=O)N[C@@H](Cc1cnc[nH]1)C(=O)N[C@H](C(=O)N[C@@H](Cc1ccccc1)C(=O)N[C@@H](CC(N)=O)C(=O)N[C@@H](CO)C(=O)N[C@@H](Cc1c[nH]c2ccccc12)C(=O)N[C@H]1CCCCNC(=O)C[C@@H](C(=O)N[C@@H](Cc2c[nH]c3ccccc23)C(=O)N[C@H](C(N)=O)C(C)C)NC(=O)[C@H](CC(C)C)NC(=O)[C@H](Cc2ccc(O)cc2)NC(=O)[C@H](CCC(=O)O)NC1=O)C(C)C. The van der Waals surface area contributed by atoms with E-state index in [4.69, 9.17) is 11.5 Å². The van der Waals surface area contributed by atoms with E-state index in [-0.39, 0.29) is 63.7 Å². The zero-order chi connectivity index (χ0) is 92.0. The minimum atomic E-state index is -2.03. The number of hydrogen-bond donors (Lipinski definition) is 22. The lowest BCUT2D eigenvalue weighted by molar-refractivity contribution is -0.139. The number of aromatic hydroxyl groups is 1. The number of hydrogen-bond acceptors (Lipinski definition) is 20. The zero-order valence-electron chi connectivity index (χ0n) is 70.9. The molecular formula is C86H112N20O20. The number of carboxylic acids is 1. The van der Waals surface area contributed by atoms with E-state index in [1.807, 2.05) is 0 Å². The standard InChI is InChI=1S/C86H112N20O20/c1-44(2)31-60-77(117)102-67(82(122)99-64(83(123)105-72(45(3)4)74(88)114)35-51-40-92-57-22-14-12-20-55(51)57)38-70(111)90-30-16-15-23-58(75(115)96-59(28-29-71(112)113)76(116)98-61(78(118)97-60)33-49-24-26-53(109)27-25-49)95-80(120)63(34-50-39-91-56-21-13-11-19-54(50)56)100-85(125)68(42-107)104-81(121)66(37-69(87)110)101-79(119)62(32-48-17-9-8-10-18-48)103-86(126)73(46(5)6)106-84(124)65(94-47(7)108)36-52-41-89-43-93-52/h8-14,17-22,24-27,39-41,43-46,58-68,72-73,91-92,107,109H,15-16,23,28-38,42H2,1-7H3,(H2,87,110)(H2,88,114)(H,89,93)(H,90,111)(H,94,108)(H,95,120)(H,96,115)(H,97,118)(H,98,116)(H,99,122)(H,100,125)(H,101,119)(H,102,117)(H,103,126)(H,104,121)(H,105,123)(H,106,124)(H,112,113)/t58-,59-,60-,61-,62-,63-,64-,65-,66-,67-,68-,72-,73-/m0/s1. The number of nitrogens with one attached hydrogen (secondary N) is 17. The van der Waals surface area contributed by atoms with Gasteiger partial charge in [0.2, 0.25) is 94.5 Å². The first kappa shape index (κ1) is 97.4. The highest BCUT2D eigenvalue weighted by atomic mass is 16.4. The van der Waals surface area contributed by atoms with Gasteiger partial charge in [-0.1, -0.05) is 120 Å². The van der Waals surface area contributed by atoms with Crippen LogP contribution in [0.4, 0.5) is 0 Å². The van der Waals surface area contributed by atoms with Crippen molar-refractivity contribution in [1.29, 1.82) is 0 Å². The Morgan fingerprint density at radius 2 is 1.03 bits per heavy atom. The molecule has 1 aliphatic rings. The molecule has 0 spiro atoms. The molecule has 1 aliphatic heterocycles. The van der Waals surface area contributed by atoms with E-state index in [9.17, 15) is 77.6 Å². The van der Waals surface area contributed by atoms with Crippen molar-refractivity contribution < 1.29 is 96.8 Å². The van der Waals surface area contributed by atoms with Crippen LogP contribution < -0.4 is 85.9 Å². The zero-order valence-corrected chi connectivity index (χ0v) is 70.9. The van der Waals surface area contributed by atoms with E-state index in [0.717, 1.165) is 0 Å². The first-order valence-electron chi connectivity index (χ1n) is 41.4. The van der Waals surface area contributed by atoms with Gasteiger partial charge in [0, 0.05) is 98.1 Å². The van der Waals surface area contributed by atoms with Crippen molar-refractivity contribution >= 4 is 122 Å². The molecule has 0 bridgehead atoms. The molecule has 13 atom stereocenters. The predicted molar refractivity (Wildman–Crippen MR) is 457 cm³/mol. The monoisotopic (exact) mass is 1740 g/mol. The van der Waals surface area contributed by atoms with Crippen LogP contribution >= 0.6 is 0 Å². The molecule has 0 radical (unpaired) electrons. The summed E-state index contributed by atoms with van der Waals surface area (Å²) in [6, 6.07) is 6.22. The van der Waals surface area contributed by atoms with Crippen molar-refractivity contribution in [2.45, 2.75) is 210 Å². The Balaban J connectivity index is 1.09. The number of aliphatic hydroxyl groups excluding tert-OH is 1. The lowest BCUT2D eigenvalue weighted by atomic mass is 9.99. The highest BCUT2D eigenvalue weighted by Crippen LogP contribution is 2.23. The van der Waals surface area contributed by atoms with E-state index in [1.165, 1.54) is 49.9 Å². The molecule has 4 aromatic carbocycles. The third kappa shape index (κ3) is 29.6. The second-order valence-corrected chi connectivity index (χ2v) is 32.2. The molecule has 7 aromatic rings. The third-order valence-electron chi connectivity index (χ3n) is 21.0. The topological polar surface area (TPSA) is 632 Å². The van der Waals surface area contributed by atoms with Gasteiger partial charge in [0.05, 0.1) is 25.8 Å². The molecule has 16 amide bonds. The number of amides is 16. The Labute approximate surface area is 724 Å². The minimum Gasteiger partial charge on any atom is -0.508 e. The maximum Gasteiger partial charge on any atom is 0.303 e. The molecule has 40 nitrogen and oxygen atoms in total. The summed E-state index contributed by atoms with van der Waals surface area (Å²) in [5, 5.41) is 68.6. The average Bonchev–Trinajstić information content (AvgIpc) is 1.67. The highest BCUT2D eigenvalue weighted by Gasteiger charge is 2.40. The van der Waals surface area contributed by atoms with Crippen LogP contribution in [-0.4, -0.2) is 227 Å². The maximum absolute atomic E-state index is 15.4. The predicted octanol–water partition coefficient (Wildman–Crippen LogP) is -1.82. The number of para-hydroxylation sites is 2. The van der Waals surface area contributed by atoms with Gasteiger partial charge >= 0.3 is 5.97 Å². The molecule has 40 heteroatoms. The molecule has 126 heavy (non-hydrogen) atoms. The van der Waals surface area contributed by atoms with E-state index in [1.54, 1.807) is 127 Å². The number of H-pyrrole nitrogens is 3. The minimum absolute atomic E-state index is 0.0232. The Morgan fingerprint density at radius 3 is 1.60 bits per heavy atom. The summed E-state index contributed by atoms with van der Waals surface area (Å²) in [6.07, 6.45) is 0.835. The van der Waals surface area contributed by atoms with Crippen LogP contribution in [0.25, 0.3) is 21.8 Å². The van der Waals surface area contributed by atoms with Crippen LogP contribution in [0, 0.1) is 17.8 Å². The van der Waals surface area contributed by atoms with Gasteiger partial charge in [-0.25, -0.2) is 4.98 Å². The second-order valence-electron chi connectivity index (χ2n) is 32.2. The van der Waals surface area contributed by atoms with Crippen molar-refractivity contribution in [3.8, 4) is 5.75 Å². The van der Waals surface area contributed by atoms with Crippen LogP contribution in [0.2, 0.25) is 0 Å². The number of fused-ring (bicyclic) bond motifs is 2. The number of benzene rings is 4. The smallest absolute Gasteiger partial charge is 0.303 e. The van der Waals surface area contributed by atoms with Gasteiger partial charge in [-0.15, -0.1) is 0 Å². The van der Waals surface area contributed by atoms with Crippen molar-refractivity contribution in [2.75, 3.05) is 13.2 Å². The number of primary amides is 2. The summed E-state index contributed by atoms with van der Waals surface area (Å²) in [5.74, 6) is -19.3. The Hall–Kier alpha value is -14.1. The third-order valence-corrected chi connectivity index (χ3v) is 21.0. The van der Waals surface area contributed by atoms with E-state index < -0.39 is 235 Å². The van der Waals surface area contributed by atoms with Crippen molar-refractivity contribution in [2.24, 2.45) is 29.2 Å². The van der Waals surface area contributed by atoms with Gasteiger partial charge in [-0.05, 0) is 96.4 Å². The first-order valence-corrected chi connectivity index (χ1v) is 41.4. The number of carbonyl (C=O) groups is 17. The number of imidazole rings is 1. The summed E-state index contributed by atoms with van der Waals surface area (Å²) in [7, 11) is 0. The normalized spacial score (nSPS) is 18.2. The number of phenolic OH excluding ortho intramolecular Hbond substituents is 1. The molecule has 8 rings (SSSR count). The number of aromatic amines is 3. The fourth-order valence-electron chi connectivity index (χ4n) is 14.3. The quantitative estimate of drug-likeness (QED) is 0.0203. The molecule has 1 fully saturated rings. The fourth-order valence-corrected chi connectivity index (χ4v) is 14.3. The van der Waals surface area contributed by atoms with Crippen LogP contribution in [-0.2, 0) is 114 Å². The number of nitrogens with two attached hydrogens (primary N) is 2.